The van der Waals surface area contributed by atoms with Crippen LogP contribution < -0.4 is 15.4 Å². The predicted octanol–water partition coefficient (Wildman–Crippen LogP) is 1.46. The Morgan fingerprint density at radius 3 is 2.67 bits per heavy atom. The van der Waals surface area contributed by atoms with E-state index in [1.165, 1.54) is 11.0 Å². The second-order valence-electron chi connectivity index (χ2n) is 6.87. The van der Waals surface area contributed by atoms with Gasteiger partial charge in [-0.2, -0.15) is 0 Å². The molecular formula is C17H21ClN6O4S2. The van der Waals surface area contributed by atoms with E-state index in [1.54, 1.807) is 32.2 Å². The summed E-state index contributed by atoms with van der Waals surface area (Å²) in [6.07, 6.45) is 1.56. The number of hydrogen-bond acceptors (Lipinski definition) is 8. The fraction of sp³-hybridized carbons (Fsp3) is 0.412. The maximum atomic E-state index is 12.2. The van der Waals surface area contributed by atoms with Crippen LogP contribution >= 0.6 is 22.9 Å². The number of rotatable bonds is 9. The van der Waals surface area contributed by atoms with Crippen LogP contribution in [-0.4, -0.2) is 66.3 Å². The number of carbonyl (C=O) groups is 2. The number of carbonyl (C=O) groups excluding carboxylic acids is 2. The number of anilines is 1. The molecule has 3 heterocycles. The van der Waals surface area contributed by atoms with Gasteiger partial charge >= 0.3 is 6.03 Å². The molecule has 0 bridgehead atoms. The number of imide groups is 1. The Morgan fingerprint density at radius 2 is 2.00 bits per heavy atom. The molecule has 0 aliphatic carbocycles. The molecule has 1 aliphatic rings. The van der Waals surface area contributed by atoms with Crippen LogP contribution in [0.4, 0.5) is 10.7 Å². The number of hydrogen-bond donors (Lipinski definition) is 3. The number of nitrogens with zero attached hydrogens (tertiary/aromatic N) is 3. The normalized spacial score (nSPS) is 16.0. The minimum Gasteiger partial charge on any atom is -0.352 e. The van der Waals surface area contributed by atoms with Crippen LogP contribution in [0.2, 0.25) is 0 Å². The van der Waals surface area contributed by atoms with Crippen molar-refractivity contribution in [1.29, 1.82) is 0 Å². The van der Waals surface area contributed by atoms with Crippen LogP contribution in [0, 0.1) is 0 Å². The molecule has 2 aromatic rings. The monoisotopic (exact) mass is 472 g/mol. The van der Waals surface area contributed by atoms with Gasteiger partial charge in [0.1, 0.15) is 9.75 Å². The number of thiophene rings is 1. The zero-order chi connectivity index (χ0) is 21.9. The first-order chi connectivity index (χ1) is 14.1. The maximum absolute atomic E-state index is 12.2. The van der Waals surface area contributed by atoms with Gasteiger partial charge in [0, 0.05) is 31.7 Å². The molecule has 2 aromatic heterocycles. The molecule has 3 N–H and O–H groups in total. The van der Waals surface area contributed by atoms with Gasteiger partial charge < -0.3 is 10.2 Å². The van der Waals surface area contributed by atoms with E-state index in [1.807, 2.05) is 0 Å². The highest BCUT2D eigenvalue weighted by molar-refractivity contribution is 7.91. The van der Waals surface area contributed by atoms with E-state index >= 15 is 0 Å². The van der Waals surface area contributed by atoms with Crippen molar-refractivity contribution in [3.63, 3.8) is 0 Å². The minimum absolute atomic E-state index is 0.149. The number of alkyl halides is 1. The first-order valence-electron chi connectivity index (χ1n) is 9.01. The van der Waals surface area contributed by atoms with E-state index in [-0.39, 0.29) is 29.1 Å². The quantitative estimate of drug-likeness (QED) is 0.371. The lowest BCUT2D eigenvalue weighted by Gasteiger charge is -2.27. The molecule has 3 amide bonds. The van der Waals surface area contributed by atoms with Gasteiger partial charge in [0.2, 0.25) is 16.0 Å². The van der Waals surface area contributed by atoms with Crippen molar-refractivity contribution in [3.05, 3.63) is 24.4 Å². The van der Waals surface area contributed by atoms with E-state index in [0.717, 1.165) is 11.3 Å². The van der Waals surface area contributed by atoms with E-state index < -0.39 is 21.6 Å². The standard InChI is InChI=1S/C17H21ClN6O4S2/c1-17(2)14(25)23-16(26)24(17)10-9-20-15-19-7-5-11(22-15)12-3-4-13(29-12)30(27,28)21-8-6-18/h3-5,7,21H,6,8-10H2,1-2H3,(H,19,20,22)(H,23,25,26). The molecule has 1 saturated heterocycles. The topological polar surface area (TPSA) is 133 Å². The summed E-state index contributed by atoms with van der Waals surface area (Å²) < 4.78 is 27.0. The molecule has 0 radical (unpaired) electrons. The second kappa shape index (κ2) is 8.84. The zero-order valence-electron chi connectivity index (χ0n) is 16.3. The van der Waals surface area contributed by atoms with Gasteiger partial charge in [0.05, 0.1) is 10.6 Å². The van der Waals surface area contributed by atoms with E-state index in [9.17, 15) is 18.0 Å². The van der Waals surface area contributed by atoms with E-state index in [4.69, 9.17) is 11.6 Å². The Bertz CT molecular complexity index is 1060. The SMILES string of the molecule is CC1(C)C(=O)NC(=O)N1CCNc1nccc(-c2ccc(S(=O)(=O)NCCCl)s2)n1. The third-order valence-electron chi connectivity index (χ3n) is 4.46. The van der Waals surface area contributed by atoms with Crippen molar-refractivity contribution in [2.45, 2.75) is 23.6 Å². The molecule has 1 fully saturated rings. The Kier molecular flexibility index (Phi) is 6.60. The minimum atomic E-state index is -3.61. The van der Waals surface area contributed by atoms with Crippen molar-refractivity contribution in [2.24, 2.45) is 0 Å². The van der Waals surface area contributed by atoms with Crippen molar-refractivity contribution in [2.75, 3.05) is 30.8 Å². The molecule has 0 unspecified atom stereocenters. The molecule has 13 heteroatoms. The summed E-state index contributed by atoms with van der Waals surface area (Å²) in [4.78, 5) is 34.4. The highest BCUT2D eigenvalue weighted by Crippen LogP contribution is 2.29. The lowest BCUT2D eigenvalue weighted by atomic mass is 10.0. The van der Waals surface area contributed by atoms with Crippen molar-refractivity contribution < 1.29 is 18.0 Å². The molecule has 162 valence electrons. The summed E-state index contributed by atoms with van der Waals surface area (Å²) in [7, 11) is -3.61. The number of aromatic nitrogens is 2. The smallest absolute Gasteiger partial charge is 0.325 e. The largest absolute Gasteiger partial charge is 0.352 e. The Morgan fingerprint density at radius 1 is 1.23 bits per heavy atom. The van der Waals surface area contributed by atoms with Gasteiger partial charge in [-0.25, -0.2) is 27.9 Å². The van der Waals surface area contributed by atoms with Crippen molar-refractivity contribution >= 4 is 50.8 Å². The summed E-state index contributed by atoms with van der Waals surface area (Å²) >= 11 is 6.62. The average molecular weight is 473 g/mol. The first-order valence-corrected chi connectivity index (χ1v) is 11.8. The summed E-state index contributed by atoms with van der Waals surface area (Å²) in [5.41, 5.74) is -0.358. The van der Waals surface area contributed by atoms with Crippen LogP contribution in [0.3, 0.4) is 0 Å². The molecular weight excluding hydrogens is 452 g/mol. The Labute approximate surface area is 183 Å². The molecule has 1 aliphatic heterocycles. The van der Waals surface area contributed by atoms with Crippen LogP contribution in [-0.2, 0) is 14.8 Å². The predicted molar refractivity (Wildman–Crippen MR) is 114 cm³/mol. The van der Waals surface area contributed by atoms with Crippen LogP contribution in [0.25, 0.3) is 10.6 Å². The molecule has 30 heavy (non-hydrogen) atoms. The van der Waals surface area contributed by atoms with Crippen LogP contribution in [0.1, 0.15) is 13.8 Å². The van der Waals surface area contributed by atoms with E-state index in [0.29, 0.717) is 23.1 Å². The molecule has 0 saturated carbocycles. The number of nitrogens with one attached hydrogen (secondary N) is 3. The average Bonchev–Trinajstić information content (AvgIpc) is 3.27. The summed E-state index contributed by atoms with van der Waals surface area (Å²) in [6.45, 7) is 4.12. The van der Waals surface area contributed by atoms with Crippen molar-refractivity contribution in [1.82, 2.24) is 24.9 Å². The second-order valence-corrected chi connectivity index (χ2v) is 10.3. The Balaban J connectivity index is 1.66. The fourth-order valence-electron chi connectivity index (χ4n) is 2.78. The number of sulfonamides is 1. The number of urea groups is 1. The third kappa shape index (κ3) is 4.72. The van der Waals surface area contributed by atoms with Gasteiger partial charge in [-0.1, -0.05) is 0 Å². The van der Waals surface area contributed by atoms with Crippen LogP contribution in [0.5, 0.6) is 0 Å². The lowest BCUT2D eigenvalue weighted by molar-refractivity contribution is -0.125. The van der Waals surface area contributed by atoms with Crippen molar-refractivity contribution in [3.8, 4) is 10.6 Å². The van der Waals surface area contributed by atoms with Gasteiger partial charge in [-0.05, 0) is 32.0 Å². The Hall–Kier alpha value is -2.28. The molecule has 0 spiro atoms. The number of halogens is 1. The highest BCUT2D eigenvalue weighted by atomic mass is 35.5. The van der Waals surface area contributed by atoms with Gasteiger partial charge in [0.15, 0.2) is 0 Å². The third-order valence-corrected chi connectivity index (χ3v) is 7.70. The summed E-state index contributed by atoms with van der Waals surface area (Å²) in [5.74, 6) is 0.173. The first kappa shape index (κ1) is 22.4. The zero-order valence-corrected chi connectivity index (χ0v) is 18.7. The lowest BCUT2D eigenvalue weighted by Crippen LogP contribution is -2.46. The number of amides is 3. The van der Waals surface area contributed by atoms with Gasteiger partial charge in [0.25, 0.3) is 5.91 Å². The molecule has 0 atom stereocenters. The molecule has 10 nitrogen and oxygen atoms in total. The van der Waals surface area contributed by atoms with Gasteiger partial charge in [-0.3, -0.25) is 10.1 Å². The summed E-state index contributed by atoms with van der Waals surface area (Å²) in [6, 6.07) is 4.43. The highest BCUT2D eigenvalue weighted by Gasteiger charge is 2.45. The molecule has 0 aromatic carbocycles. The van der Waals surface area contributed by atoms with E-state index in [2.05, 4.69) is 25.3 Å². The van der Waals surface area contributed by atoms with Gasteiger partial charge in [-0.15, -0.1) is 22.9 Å². The van der Waals surface area contributed by atoms with Crippen LogP contribution in [0.15, 0.2) is 28.6 Å². The maximum Gasteiger partial charge on any atom is 0.325 e. The molecule has 3 rings (SSSR count). The fourth-order valence-corrected chi connectivity index (χ4v) is 5.34. The summed E-state index contributed by atoms with van der Waals surface area (Å²) in [5, 5.41) is 5.32.